The van der Waals surface area contributed by atoms with Crippen molar-refractivity contribution in [3.8, 4) is 0 Å². The van der Waals surface area contributed by atoms with Crippen LogP contribution >= 0.6 is 12.2 Å². The fourth-order valence-electron chi connectivity index (χ4n) is 2.72. The summed E-state index contributed by atoms with van der Waals surface area (Å²) in [6.07, 6.45) is 2.90. The summed E-state index contributed by atoms with van der Waals surface area (Å²) >= 11 is 5.16. The zero-order chi connectivity index (χ0) is 23.1. The number of carboxylic acid groups (broad SMARTS) is 2. The number of carbonyl (C=O) groups is 3. The van der Waals surface area contributed by atoms with E-state index in [-0.39, 0.29) is 87.8 Å². The van der Waals surface area contributed by atoms with Crippen molar-refractivity contribution in [2.45, 2.75) is 26.8 Å². The van der Waals surface area contributed by atoms with Crippen LogP contribution in [-0.4, -0.2) is 29.0 Å². The molecule has 0 aromatic heterocycles. The molecule has 2 rings (SSSR count). The second-order valence-corrected chi connectivity index (χ2v) is 7.35. The number of amides is 1. The predicted octanol–water partition coefficient (Wildman–Crippen LogP) is -4.75. The number of carbonyl (C=O) groups excluding carboxylic acids is 3. The largest absolute Gasteiger partial charge is 1.00 e. The molecule has 0 spiro atoms. The van der Waals surface area contributed by atoms with Crippen molar-refractivity contribution >= 4 is 58.7 Å². The molecule has 33 heavy (non-hydrogen) atoms. The van der Waals surface area contributed by atoms with Gasteiger partial charge in [0.15, 0.2) is 5.11 Å². The Balaban J connectivity index is 0.00000512. The molecule has 0 radical (unpaired) electrons. The van der Waals surface area contributed by atoms with Crippen LogP contribution in [0.1, 0.15) is 52.6 Å². The summed E-state index contributed by atoms with van der Waals surface area (Å²) in [4.78, 5) is 34.3. The zero-order valence-corrected chi connectivity index (χ0v) is 24.0. The number of anilines is 2. The average molecular weight is 485 g/mol. The van der Waals surface area contributed by atoms with Gasteiger partial charge in [0.2, 0.25) is 5.91 Å². The monoisotopic (exact) mass is 485 g/mol. The third-order valence-electron chi connectivity index (χ3n) is 3.99. The fraction of sp³-hybridized carbons (Fsp3) is 0.182. The van der Waals surface area contributed by atoms with Crippen LogP contribution in [0, 0.1) is 0 Å². The smallest absolute Gasteiger partial charge is 0.545 e. The number of rotatable bonds is 7. The number of aromatic carboxylic acids is 2. The minimum Gasteiger partial charge on any atom is -0.545 e. The van der Waals surface area contributed by atoms with E-state index in [4.69, 9.17) is 12.2 Å². The minimum absolute atomic E-state index is 0. The summed E-state index contributed by atoms with van der Waals surface area (Å²) in [7, 11) is 0. The van der Waals surface area contributed by atoms with Crippen molar-refractivity contribution in [2.75, 3.05) is 10.6 Å². The van der Waals surface area contributed by atoms with Crippen LogP contribution in [0.4, 0.5) is 11.4 Å². The fourth-order valence-corrected chi connectivity index (χ4v) is 3.08. The van der Waals surface area contributed by atoms with Gasteiger partial charge >= 0.3 is 59.1 Å². The Hall–Kier alpha value is -1.72. The van der Waals surface area contributed by atoms with Crippen LogP contribution in [-0.2, 0) is 4.79 Å². The maximum Gasteiger partial charge on any atom is 1.00 e. The van der Waals surface area contributed by atoms with E-state index in [1.54, 1.807) is 12.1 Å². The van der Waals surface area contributed by atoms with Gasteiger partial charge in [0.05, 0.1) is 11.9 Å². The molecule has 0 bridgehead atoms. The normalized spacial score (nSPS) is 10.1. The molecule has 0 saturated heterocycles. The Morgan fingerprint density at radius 2 is 1.27 bits per heavy atom. The third-order valence-corrected chi connectivity index (χ3v) is 4.21. The summed E-state index contributed by atoms with van der Waals surface area (Å²) in [6, 6.07) is 8.96. The van der Waals surface area contributed by atoms with E-state index in [0.29, 0.717) is 22.1 Å². The van der Waals surface area contributed by atoms with Crippen molar-refractivity contribution < 1.29 is 83.7 Å². The molecule has 1 amide bonds. The molecule has 0 fully saturated rings. The maximum atomic E-state index is 11.6. The van der Waals surface area contributed by atoms with Crippen LogP contribution in [0.5, 0.6) is 0 Å². The van der Waals surface area contributed by atoms with Crippen LogP contribution in [0.2, 0.25) is 0 Å². The Bertz CT molecular complexity index is 1070. The zero-order valence-electron chi connectivity index (χ0n) is 19.1. The van der Waals surface area contributed by atoms with Gasteiger partial charge in [0, 0.05) is 35.5 Å². The summed E-state index contributed by atoms with van der Waals surface area (Å²) in [5.41, 5.74) is 1.11. The molecule has 0 atom stereocenters. The molecule has 8 nitrogen and oxygen atoms in total. The Morgan fingerprint density at radius 1 is 0.848 bits per heavy atom. The van der Waals surface area contributed by atoms with E-state index in [2.05, 4.69) is 16.0 Å². The molecule has 0 unspecified atom stereocenters. The first-order valence-electron chi connectivity index (χ1n) is 9.30. The van der Waals surface area contributed by atoms with Crippen LogP contribution in [0.25, 0.3) is 12.2 Å². The van der Waals surface area contributed by atoms with Crippen LogP contribution in [0.15, 0.2) is 36.4 Å². The van der Waals surface area contributed by atoms with Gasteiger partial charge < -0.3 is 35.8 Å². The molecule has 0 heterocycles. The first-order valence-corrected chi connectivity index (χ1v) is 9.71. The van der Waals surface area contributed by atoms with Crippen molar-refractivity contribution in [1.82, 2.24) is 5.32 Å². The summed E-state index contributed by atoms with van der Waals surface area (Å²) in [6.45, 7) is 5.13. The van der Waals surface area contributed by atoms with Gasteiger partial charge in [-0.3, -0.25) is 4.79 Å². The van der Waals surface area contributed by atoms with Crippen LogP contribution < -0.4 is 85.3 Å². The van der Waals surface area contributed by atoms with Crippen molar-refractivity contribution in [3.05, 3.63) is 58.7 Å². The molecule has 162 valence electrons. The molecule has 0 saturated carbocycles. The molecule has 2 aromatic rings. The minimum atomic E-state index is -1.43. The number of carboxylic acids is 2. The quantitative estimate of drug-likeness (QED) is 0.202. The predicted molar refractivity (Wildman–Crippen MR) is 119 cm³/mol. The number of hydrogen-bond acceptors (Lipinski definition) is 6. The summed E-state index contributed by atoms with van der Waals surface area (Å²) in [5, 5.41) is 31.8. The van der Waals surface area contributed by atoms with E-state index >= 15 is 0 Å². The van der Waals surface area contributed by atoms with E-state index in [0.717, 1.165) is 0 Å². The van der Waals surface area contributed by atoms with Crippen molar-refractivity contribution in [3.63, 3.8) is 0 Å². The van der Waals surface area contributed by atoms with Crippen molar-refractivity contribution in [2.24, 2.45) is 0 Å². The molecule has 2 aromatic carbocycles. The van der Waals surface area contributed by atoms with Crippen molar-refractivity contribution in [1.29, 1.82) is 0 Å². The average Bonchev–Trinajstić information content (AvgIpc) is 2.66. The van der Waals surface area contributed by atoms with Gasteiger partial charge in [-0.05, 0) is 61.5 Å². The molecular formula is C22H21N3Na2O5S. The third kappa shape index (κ3) is 9.97. The number of thiocarbonyl (C=S) groups is 1. The Kier molecular flexibility index (Phi) is 13.8. The van der Waals surface area contributed by atoms with E-state index < -0.39 is 11.9 Å². The van der Waals surface area contributed by atoms with Gasteiger partial charge in [-0.1, -0.05) is 24.3 Å². The molecule has 0 aliphatic carbocycles. The molecular weight excluding hydrogens is 464 g/mol. The Labute approximate surface area is 241 Å². The van der Waals surface area contributed by atoms with Gasteiger partial charge in [-0.15, -0.1) is 0 Å². The number of benzene rings is 2. The molecule has 11 heteroatoms. The standard InChI is InChI=1S/C22H23N3O5S.2Na/c1-12(2)23-22(31)25-17-9-7-15(19(11-17)21(29)30)5-4-14-6-8-16(24-13(3)26)10-18(14)20(27)28;;/h4-12H,1-3H3,(H,24,26)(H,27,28)(H,29,30)(H2,23,25,31);;/q;2*+1/p-2/b5-4+;;. The molecule has 3 N–H and O–H groups in total. The number of hydrogen-bond donors (Lipinski definition) is 3. The van der Waals surface area contributed by atoms with Gasteiger partial charge in [-0.2, -0.15) is 0 Å². The second kappa shape index (κ2) is 14.5. The summed E-state index contributed by atoms with van der Waals surface area (Å²) < 4.78 is 0. The van der Waals surface area contributed by atoms with Gasteiger partial charge in [0.1, 0.15) is 0 Å². The van der Waals surface area contributed by atoms with Gasteiger partial charge in [0.25, 0.3) is 0 Å². The van der Waals surface area contributed by atoms with Gasteiger partial charge in [-0.25, -0.2) is 0 Å². The first-order chi connectivity index (χ1) is 14.6. The first kappa shape index (κ1) is 31.3. The molecule has 0 aliphatic rings. The van der Waals surface area contributed by atoms with E-state index in [9.17, 15) is 24.6 Å². The Morgan fingerprint density at radius 3 is 1.64 bits per heavy atom. The van der Waals surface area contributed by atoms with E-state index in [1.807, 2.05) is 13.8 Å². The van der Waals surface area contributed by atoms with Crippen LogP contribution in [0.3, 0.4) is 0 Å². The topological polar surface area (TPSA) is 133 Å². The molecule has 0 aliphatic heterocycles. The maximum absolute atomic E-state index is 11.6. The SMILES string of the molecule is CC(=O)Nc1ccc(/C=C/c2ccc(NC(=S)NC(C)C)cc2C(=O)[O-])c(C(=O)[O-])c1.[Na+].[Na+]. The van der Waals surface area contributed by atoms with E-state index in [1.165, 1.54) is 43.3 Å². The summed E-state index contributed by atoms with van der Waals surface area (Å²) in [5.74, 6) is -3.17. The number of nitrogens with one attached hydrogen (secondary N) is 3. The second-order valence-electron chi connectivity index (χ2n) is 6.95.